The number of amides is 1. The lowest BCUT2D eigenvalue weighted by molar-refractivity contribution is -0.112. The van der Waals surface area contributed by atoms with Crippen molar-refractivity contribution < 1.29 is 9.21 Å². The Kier molecular flexibility index (Phi) is 4.01. The molecule has 114 valence electrons. The second kappa shape index (κ2) is 6.27. The number of anilines is 1. The monoisotopic (exact) mass is 305 g/mol. The molecule has 0 aliphatic heterocycles. The maximum absolute atomic E-state index is 11.7. The zero-order chi connectivity index (χ0) is 16.2. The Morgan fingerprint density at radius 2 is 1.65 bits per heavy atom. The van der Waals surface area contributed by atoms with Crippen LogP contribution in [0.2, 0.25) is 0 Å². The number of rotatable bonds is 4. The van der Waals surface area contributed by atoms with Gasteiger partial charge in [0.1, 0.15) is 0 Å². The van der Waals surface area contributed by atoms with Crippen LogP contribution in [-0.4, -0.2) is 16.1 Å². The van der Waals surface area contributed by atoms with Gasteiger partial charge < -0.3 is 9.73 Å². The van der Waals surface area contributed by atoms with Crippen LogP contribution in [-0.2, 0) is 4.79 Å². The van der Waals surface area contributed by atoms with Crippen LogP contribution >= 0.6 is 0 Å². The van der Waals surface area contributed by atoms with Crippen LogP contribution in [0.1, 0.15) is 6.92 Å². The van der Waals surface area contributed by atoms with Gasteiger partial charge in [-0.05, 0) is 37.3 Å². The first-order valence-electron chi connectivity index (χ1n) is 7.10. The van der Waals surface area contributed by atoms with E-state index < -0.39 is 0 Å². The molecule has 3 rings (SSSR count). The zero-order valence-electron chi connectivity index (χ0n) is 12.6. The minimum atomic E-state index is -0.224. The Balaban J connectivity index is 1.87. The van der Waals surface area contributed by atoms with Gasteiger partial charge in [-0.3, -0.25) is 4.79 Å². The smallest absolute Gasteiger partial charge is 0.250 e. The molecule has 1 aromatic heterocycles. The molecule has 1 N–H and O–H groups in total. The molecule has 1 amide bonds. The fraction of sp³-hybridized carbons (Fsp3) is 0.0556. The first-order chi connectivity index (χ1) is 11.1. The summed E-state index contributed by atoms with van der Waals surface area (Å²) in [6, 6.07) is 16.8. The van der Waals surface area contributed by atoms with Crippen molar-refractivity contribution in [1.29, 1.82) is 0 Å². The third-order valence-corrected chi connectivity index (χ3v) is 3.20. The molecule has 0 unspecified atom stereocenters. The summed E-state index contributed by atoms with van der Waals surface area (Å²) in [7, 11) is 0. The fourth-order valence-corrected chi connectivity index (χ4v) is 2.01. The molecule has 0 saturated heterocycles. The van der Waals surface area contributed by atoms with E-state index in [-0.39, 0.29) is 5.91 Å². The molecule has 0 atom stereocenters. The van der Waals surface area contributed by atoms with Crippen molar-refractivity contribution in [1.82, 2.24) is 10.2 Å². The van der Waals surface area contributed by atoms with Gasteiger partial charge in [-0.2, -0.15) is 0 Å². The highest BCUT2D eigenvalue weighted by molar-refractivity contribution is 6.03. The molecule has 0 bridgehead atoms. The van der Waals surface area contributed by atoms with Crippen LogP contribution in [0.3, 0.4) is 0 Å². The van der Waals surface area contributed by atoms with Gasteiger partial charge >= 0.3 is 0 Å². The lowest BCUT2D eigenvalue weighted by Crippen LogP contribution is -2.11. The Bertz CT molecular complexity index is 853. The zero-order valence-corrected chi connectivity index (χ0v) is 12.6. The minimum absolute atomic E-state index is 0.224. The highest BCUT2D eigenvalue weighted by atomic mass is 16.4. The van der Waals surface area contributed by atoms with Gasteiger partial charge in [0.2, 0.25) is 11.8 Å². The summed E-state index contributed by atoms with van der Waals surface area (Å²) in [6.07, 6.45) is 0. The summed E-state index contributed by atoms with van der Waals surface area (Å²) in [5, 5.41) is 10.9. The standard InChI is InChI=1S/C18H15N3O2/c1-12(2)16(22)19-15-10-6-9-14(11-15)18-21-20-17(23-18)13-7-4-3-5-8-13/h3-11H,1H2,2H3,(H,19,22). The molecule has 0 fully saturated rings. The molecule has 3 aromatic rings. The molecule has 2 aromatic carbocycles. The van der Waals surface area contributed by atoms with Gasteiger partial charge in [-0.15, -0.1) is 10.2 Å². The summed E-state index contributed by atoms with van der Waals surface area (Å²) in [4.78, 5) is 11.7. The predicted molar refractivity (Wildman–Crippen MR) is 88.6 cm³/mol. The Morgan fingerprint density at radius 1 is 1.00 bits per heavy atom. The van der Waals surface area contributed by atoms with Crippen molar-refractivity contribution in [3.63, 3.8) is 0 Å². The number of nitrogens with one attached hydrogen (secondary N) is 1. The van der Waals surface area contributed by atoms with Crippen LogP contribution in [0.25, 0.3) is 22.9 Å². The lowest BCUT2D eigenvalue weighted by Gasteiger charge is -2.05. The van der Waals surface area contributed by atoms with Crippen LogP contribution in [0.5, 0.6) is 0 Å². The number of carbonyl (C=O) groups excluding carboxylic acids is 1. The van der Waals surface area contributed by atoms with E-state index in [9.17, 15) is 4.79 Å². The van der Waals surface area contributed by atoms with Gasteiger partial charge in [0.05, 0.1) is 0 Å². The second-order valence-electron chi connectivity index (χ2n) is 5.09. The third-order valence-electron chi connectivity index (χ3n) is 3.20. The molecule has 5 heteroatoms. The van der Waals surface area contributed by atoms with Crippen LogP contribution in [0, 0.1) is 0 Å². The summed E-state index contributed by atoms with van der Waals surface area (Å²) in [5.41, 5.74) is 2.69. The molecule has 0 aliphatic rings. The van der Waals surface area contributed by atoms with Crippen molar-refractivity contribution in [3.8, 4) is 22.9 Å². The highest BCUT2D eigenvalue weighted by Crippen LogP contribution is 2.25. The number of hydrogen-bond acceptors (Lipinski definition) is 4. The SMILES string of the molecule is C=C(C)C(=O)Nc1cccc(-c2nnc(-c3ccccc3)o2)c1. The minimum Gasteiger partial charge on any atom is -0.416 e. The van der Waals surface area contributed by atoms with E-state index in [1.807, 2.05) is 42.5 Å². The molecule has 0 aliphatic carbocycles. The summed E-state index contributed by atoms with van der Waals surface area (Å²) >= 11 is 0. The molecule has 0 spiro atoms. The number of benzene rings is 2. The van der Waals surface area contributed by atoms with Crippen molar-refractivity contribution in [2.75, 3.05) is 5.32 Å². The molecule has 1 heterocycles. The summed E-state index contributed by atoms with van der Waals surface area (Å²) in [6.45, 7) is 5.27. The van der Waals surface area contributed by atoms with E-state index in [0.29, 0.717) is 23.0 Å². The maximum Gasteiger partial charge on any atom is 0.250 e. The average Bonchev–Trinajstić information content (AvgIpc) is 3.06. The van der Waals surface area contributed by atoms with Gasteiger partial charge in [0.15, 0.2) is 0 Å². The van der Waals surface area contributed by atoms with Crippen molar-refractivity contribution in [2.24, 2.45) is 0 Å². The lowest BCUT2D eigenvalue weighted by atomic mass is 10.2. The number of carbonyl (C=O) groups is 1. The van der Waals surface area contributed by atoms with E-state index in [0.717, 1.165) is 11.1 Å². The first kappa shape index (κ1) is 14.7. The van der Waals surface area contributed by atoms with E-state index >= 15 is 0 Å². The van der Waals surface area contributed by atoms with E-state index in [1.165, 1.54) is 0 Å². The molecule has 5 nitrogen and oxygen atoms in total. The van der Waals surface area contributed by atoms with Crippen molar-refractivity contribution in [3.05, 3.63) is 66.7 Å². The van der Waals surface area contributed by atoms with Crippen LogP contribution in [0.15, 0.2) is 71.2 Å². The largest absolute Gasteiger partial charge is 0.416 e. The molecular formula is C18H15N3O2. The van der Waals surface area contributed by atoms with Gasteiger partial charge in [-0.25, -0.2) is 0 Å². The van der Waals surface area contributed by atoms with Gasteiger partial charge in [0.25, 0.3) is 5.91 Å². The Hall–Kier alpha value is -3.21. The maximum atomic E-state index is 11.7. The molecule has 23 heavy (non-hydrogen) atoms. The number of hydrogen-bond donors (Lipinski definition) is 1. The molecule has 0 saturated carbocycles. The van der Waals surface area contributed by atoms with Crippen molar-refractivity contribution >= 4 is 11.6 Å². The van der Waals surface area contributed by atoms with Gasteiger partial charge in [-0.1, -0.05) is 30.8 Å². The Labute approximate surface area is 133 Å². The van der Waals surface area contributed by atoms with Gasteiger partial charge in [0, 0.05) is 22.4 Å². The van der Waals surface area contributed by atoms with Crippen LogP contribution in [0.4, 0.5) is 5.69 Å². The third kappa shape index (κ3) is 3.35. The fourth-order valence-electron chi connectivity index (χ4n) is 2.01. The van der Waals surface area contributed by atoms with E-state index in [4.69, 9.17) is 4.42 Å². The summed E-state index contributed by atoms with van der Waals surface area (Å²) in [5.74, 6) is 0.630. The topological polar surface area (TPSA) is 68.0 Å². The summed E-state index contributed by atoms with van der Waals surface area (Å²) < 4.78 is 5.71. The average molecular weight is 305 g/mol. The predicted octanol–water partition coefficient (Wildman–Crippen LogP) is 3.92. The van der Waals surface area contributed by atoms with Crippen molar-refractivity contribution in [2.45, 2.75) is 6.92 Å². The highest BCUT2D eigenvalue weighted by Gasteiger charge is 2.11. The van der Waals surface area contributed by atoms with E-state index in [2.05, 4.69) is 22.1 Å². The second-order valence-corrected chi connectivity index (χ2v) is 5.09. The molecule has 0 radical (unpaired) electrons. The number of nitrogens with zero attached hydrogens (tertiary/aromatic N) is 2. The Morgan fingerprint density at radius 3 is 2.35 bits per heavy atom. The number of aromatic nitrogens is 2. The van der Waals surface area contributed by atoms with Crippen LogP contribution < -0.4 is 5.32 Å². The van der Waals surface area contributed by atoms with E-state index in [1.54, 1.807) is 19.1 Å². The normalized spacial score (nSPS) is 10.3. The quantitative estimate of drug-likeness (QED) is 0.742. The molecular weight excluding hydrogens is 290 g/mol. The first-order valence-corrected chi connectivity index (χ1v) is 7.10.